The number of nitrogens with zero attached hydrogens (tertiary/aromatic N) is 2. The quantitative estimate of drug-likeness (QED) is 0.646. The Labute approximate surface area is 184 Å². The van der Waals surface area contributed by atoms with Crippen molar-refractivity contribution in [3.8, 4) is 0 Å². The van der Waals surface area contributed by atoms with Crippen LogP contribution in [0.2, 0.25) is 0 Å². The number of fused-ring (bicyclic) bond motifs is 3. The van der Waals surface area contributed by atoms with Crippen LogP contribution in [0.5, 0.6) is 0 Å². The van der Waals surface area contributed by atoms with Crippen LogP contribution in [0, 0.1) is 19.8 Å². The lowest BCUT2D eigenvalue weighted by molar-refractivity contribution is -0.126. The van der Waals surface area contributed by atoms with E-state index in [0.29, 0.717) is 24.7 Å². The van der Waals surface area contributed by atoms with Gasteiger partial charge in [-0.15, -0.1) is 0 Å². The summed E-state index contributed by atoms with van der Waals surface area (Å²) in [7, 11) is 0. The van der Waals surface area contributed by atoms with E-state index in [1.165, 1.54) is 0 Å². The van der Waals surface area contributed by atoms with Gasteiger partial charge in [-0.1, -0.05) is 38.1 Å². The van der Waals surface area contributed by atoms with Crippen molar-refractivity contribution in [2.45, 2.75) is 53.1 Å². The Morgan fingerprint density at radius 3 is 2.45 bits per heavy atom. The minimum absolute atomic E-state index is 0.121. The summed E-state index contributed by atoms with van der Waals surface area (Å²) in [4.78, 5) is 29.1. The number of nitrogens with one attached hydrogen (secondary N) is 1. The number of anilines is 1. The third kappa shape index (κ3) is 3.73. The monoisotopic (exact) mass is 417 g/mol. The lowest BCUT2D eigenvalue weighted by Gasteiger charge is -2.44. The van der Waals surface area contributed by atoms with E-state index in [9.17, 15) is 9.59 Å². The highest BCUT2D eigenvalue weighted by atomic mass is 16.2. The van der Waals surface area contributed by atoms with E-state index in [1.54, 1.807) is 4.90 Å². The number of hydrogen-bond acceptors (Lipinski definition) is 2. The van der Waals surface area contributed by atoms with Crippen molar-refractivity contribution < 1.29 is 9.59 Å². The molecule has 1 aliphatic rings. The van der Waals surface area contributed by atoms with Crippen molar-refractivity contribution in [3.63, 3.8) is 0 Å². The van der Waals surface area contributed by atoms with Crippen LogP contribution < -0.4 is 10.2 Å². The van der Waals surface area contributed by atoms with Crippen LogP contribution in [0.25, 0.3) is 10.9 Å². The number of aryl methyl sites for hydroxylation is 2. The summed E-state index contributed by atoms with van der Waals surface area (Å²) in [6.45, 7) is 11.2. The molecule has 1 aromatic heterocycles. The molecule has 162 valence electrons. The van der Waals surface area contributed by atoms with E-state index in [4.69, 9.17) is 0 Å². The summed E-state index contributed by atoms with van der Waals surface area (Å²) in [6, 6.07) is 15.9. The summed E-state index contributed by atoms with van der Waals surface area (Å²) in [5.74, 6) is 0.231. The van der Waals surface area contributed by atoms with E-state index in [2.05, 4.69) is 25.2 Å². The average Bonchev–Trinajstić information content (AvgIpc) is 3.05. The molecule has 0 unspecified atom stereocenters. The molecule has 0 saturated heterocycles. The second-order valence-corrected chi connectivity index (χ2v) is 9.37. The smallest absolute Gasteiger partial charge is 0.275 e. The fourth-order valence-corrected chi connectivity index (χ4v) is 4.60. The van der Waals surface area contributed by atoms with Gasteiger partial charge in [-0.25, -0.2) is 0 Å². The molecule has 0 fully saturated rings. The number of hydrogen-bond donors (Lipinski definition) is 1. The summed E-state index contributed by atoms with van der Waals surface area (Å²) in [5, 5.41) is 4.11. The predicted molar refractivity (Wildman–Crippen MR) is 126 cm³/mol. The van der Waals surface area contributed by atoms with Gasteiger partial charge in [0.25, 0.3) is 5.91 Å². The highest BCUT2D eigenvalue weighted by Crippen LogP contribution is 2.36. The van der Waals surface area contributed by atoms with Gasteiger partial charge in [-0.2, -0.15) is 0 Å². The molecule has 1 aliphatic heterocycles. The van der Waals surface area contributed by atoms with Gasteiger partial charge in [0.05, 0.1) is 6.54 Å². The summed E-state index contributed by atoms with van der Waals surface area (Å²) < 4.78 is 2.00. The van der Waals surface area contributed by atoms with Crippen LogP contribution in [-0.2, 0) is 11.3 Å². The minimum Gasteiger partial charge on any atom is -0.354 e. The van der Waals surface area contributed by atoms with E-state index < -0.39 is 5.54 Å². The normalized spacial score (nSPS) is 18.5. The molecule has 4 rings (SSSR count). The highest BCUT2D eigenvalue weighted by Gasteiger charge is 2.48. The van der Waals surface area contributed by atoms with Crippen molar-refractivity contribution >= 4 is 28.4 Å². The van der Waals surface area contributed by atoms with Gasteiger partial charge in [0.1, 0.15) is 11.2 Å². The largest absolute Gasteiger partial charge is 0.354 e. The standard InChI is InChI=1S/C26H31N3O2/c1-17(2)10-11-27-25(31)26(5)16-28-22-9-7-6-8-20(22)15-23(28)24(30)29(26)21-13-18(3)12-19(4)14-21/h6-9,12-15,17H,10-11,16H2,1-5H3,(H,27,31)/t26-/m1/s1. The first-order valence-corrected chi connectivity index (χ1v) is 11.0. The molecule has 0 spiro atoms. The van der Waals surface area contributed by atoms with Crippen LogP contribution in [0.15, 0.2) is 48.5 Å². The Kier molecular flexibility index (Phi) is 5.38. The molecule has 1 atom stereocenters. The Bertz CT molecular complexity index is 1140. The number of amides is 2. The Morgan fingerprint density at radius 2 is 1.77 bits per heavy atom. The maximum absolute atomic E-state index is 13.8. The molecule has 2 heterocycles. The topological polar surface area (TPSA) is 54.3 Å². The van der Waals surface area contributed by atoms with Gasteiger partial charge < -0.3 is 9.88 Å². The highest BCUT2D eigenvalue weighted by molar-refractivity contribution is 6.14. The molecule has 0 saturated carbocycles. The molecular formula is C26H31N3O2. The maximum atomic E-state index is 13.8. The second kappa shape index (κ2) is 7.88. The fraction of sp³-hybridized carbons (Fsp3) is 0.385. The number of carbonyl (C=O) groups is 2. The SMILES string of the molecule is Cc1cc(C)cc(N2C(=O)c3cc4ccccc4n3C[C@]2(C)C(=O)NCCC(C)C)c1. The van der Waals surface area contributed by atoms with E-state index >= 15 is 0 Å². The third-order valence-electron chi connectivity index (χ3n) is 6.15. The Hall–Kier alpha value is -3.08. The molecule has 0 aliphatic carbocycles. The third-order valence-corrected chi connectivity index (χ3v) is 6.15. The van der Waals surface area contributed by atoms with Crippen LogP contribution in [0.4, 0.5) is 5.69 Å². The summed E-state index contributed by atoms with van der Waals surface area (Å²) in [5.41, 5.74) is 3.46. The summed E-state index contributed by atoms with van der Waals surface area (Å²) in [6.07, 6.45) is 0.900. The summed E-state index contributed by atoms with van der Waals surface area (Å²) >= 11 is 0. The number of para-hydroxylation sites is 1. The predicted octanol–water partition coefficient (Wildman–Crippen LogP) is 4.84. The van der Waals surface area contributed by atoms with Crippen molar-refractivity contribution in [2.75, 3.05) is 11.4 Å². The second-order valence-electron chi connectivity index (χ2n) is 9.37. The van der Waals surface area contributed by atoms with Gasteiger partial charge in [-0.3, -0.25) is 14.5 Å². The van der Waals surface area contributed by atoms with Gasteiger partial charge in [0, 0.05) is 23.1 Å². The van der Waals surface area contributed by atoms with E-state index in [0.717, 1.165) is 34.1 Å². The Morgan fingerprint density at radius 1 is 1.10 bits per heavy atom. The first-order chi connectivity index (χ1) is 14.7. The van der Waals surface area contributed by atoms with Crippen LogP contribution in [-0.4, -0.2) is 28.5 Å². The molecule has 5 nitrogen and oxygen atoms in total. The fourth-order valence-electron chi connectivity index (χ4n) is 4.60. The first kappa shape index (κ1) is 21.2. The minimum atomic E-state index is -1.04. The molecule has 3 aromatic rings. The van der Waals surface area contributed by atoms with Gasteiger partial charge in [0.15, 0.2) is 0 Å². The van der Waals surface area contributed by atoms with Gasteiger partial charge in [-0.05, 0) is 68.5 Å². The van der Waals surface area contributed by atoms with Crippen molar-refractivity contribution in [2.24, 2.45) is 5.92 Å². The molecule has 1 N–H and O–H groups in total. The van der Waals surface area contributed by atoms with Crippen molar-refractivity contribution in [3.05, 3.63) is 65.4 Å². The molecule has 2 aromatic carbocycles. The number of carbonyl (C=O) groups excluding carboxylic acids is 2. The number of aromatic nitrogens is 1. The first-order valence-electron chi connectivity index (χ1n) is 11.0. The van der Waals surface area contributed by atoms with E-state index in [-0.39, 0.29) is 11.8 Å². The molecule has 0 radical (unpaired) electrons. The zero-order valence-electron chi connectivity index (χ0n) is 19.0. The van der Waals surface area contributed by atoms with Crippen LogP contribution >= 0.6 is 0 Å². The lowest BCUT2D eigenvalue weighted by atomic mass is 9.93. The maximum Gasteiger partial charge on any atom is 0.275 e. The molecular weight excluding hydrogens is 386 g/mol. The average molecular weight is 418 g/mol. The Balaban J connectivity index is 1.84. The van der Waals surface area contributed by atoms with Gasteiger partial charge >= 0.3 is 0 Å². The molecule has 0 bridgehead atoms. The zero-order chi connectivity index (χ0) is 22.3. The number of rotatable bonds is 5. The lowest BCUT2D eigenvalue weighted by Crippen LogP contribution is -2.64. The zero-order valence-corrected chi connectivity index (χ0v) is 19.0. The van der Waals surface area contributed by atoms with Crippen LogP contribution in [0.3, 0.4) is 0 Å². The van der Waals surface area contributed by atoms with Crippen molar-refractivity contribution in [1.82, 2.24) is 9.88 Å². The van der Waals surface area contributed by atoms with Gasteiger partial charge in [0.2, 0.25) is 5.91 Å². The van der Waals surface area contributed by atoms with Crippen molar-refractivity contribution in [1.29, 1.82) is 0 Å². The molecule has 31 heavy (non-hydrogen) atoms. The van der Waals surface area contributed by atoms with Crippen LogP contribution in [0.1, 0.15) is 48.8 Å². The number of benzene rings is 2. The molecule has 2 amide bonds. The molecule has 5 heteroatoms. The van der Waals surface area contributed by atoms with E-state index in [1.807, 2.05) is 67.8 Å².